The van der Waals surface area contributed by atoms with Crippen LogP contribution in [0, 0.1) is 0 Å². The van der Waals surface area contributed by atoms with Gasteiger partial charge in [-0.05, 0) is 30.7 Å². The van der Waals surface area contributed by atoms with Crippen LogP contribution in [0.2, 0.25) is 5.02 Å². The Balaban J connectivity index is 2.11. The summed E-state index contributed by atoms with van der Waals surface area (Å²) in [4.78, 5) is 12.5. The van der Waals surface area contributed by atoms with Crippen LogP contribution in [0.15, 0.2) is 48.5 Å². The van der Waals surface area contributed by atoms with E-state index in [9.17, 15) is 4.79 Å². The van der Waals surface area contributed by atoms with Crippen molar-refractivity contribution >= 4 is 34.7 Å². The molecule has 0 aliphatic rings. The van der Waals surface area contributed by atoms with Gasteiger partial charge in [0.05, 0.1) is 6.04 Å². The van der Waals surface area contributed by atoms with E-state index < -0.39 is 0 Å². The Bertz CT molecular complexity index is 670. The highest BCUT2D eigenvalue weighted by molar-refractivity contribution is 7.80. The first-order valence-electron chi connectivity index (χ1n) is 6.44. The number of nitrogens with two attached hydrogens (primary N) is 1. The van der Waals surface area contributed by atoms with Gasteiger partial charge in [-0.15, -0.1) is 0 Å². The molecule has 2 rings (SSSR count). The Morgan fingerprint density at radius 3 is 2.29 bits per heavy atom. The number of carbonyl (C=O) groups excluding carboxylic acids is 1. The summed E-state index contributed by atoms with van der Waals surface area (Å²) in [5.41, 5.74) is 7.70. The first kappa shape index (κ1) is 15.5. The SMILES string of the molecule is C[C@H](NC(=O)c1ccc(C(N)=S)cc1)c1ccccc1Cl. The molecule has 0 heterocycles. The fraction of sp³-hybridized carbons (Fsp3) is 0.125. The third-order valence-electron chi connectivity index (χ3n) is 3.15. The van der Waals surface area contributed by atoms with Crippen molar-refractivity contribution in [1.82, 2.24) is 5.32 Å². The highest BCUT2D eigenvalue weighted by Crippen LogP contribution is 2.22. The lowest BCUT2D eigenvalue weighted by Gasteiger charge is -2.15. The smallest absolute Gasteiger partial charge is 0.251 e. The Labute approximate surface area is 134 Å². The monoisotopic (exact) mass is 318 g/mol. The summed E-state index contributed by atoms with van der Waals surface area (Å²) in [5.74, 6) is -0.170. The molecule has 0 saturated heterocycles. The van der Waals surface area contributed by atoms with E-state index in [1.165, 1.54) is 0 Å². The third kappa shape index (κ3) is 3.80. The summed E-state index contributed by atoms with van der Waals surface area (Å²) in [6, 6.07) is 14.1. The van der Waals surface area contributed by atoms with Crippen molar-refractivity contribution in [3.05, 3.63) is 70.2 Å². The van der Waals surface area contributed by atoms with Crippen molar-refractivity contribution in [2.75, 3.05) is 0 Å². The van der Waals surface area contributed by atoms with Gasteiger partial charge >= 0.3 is 0 Å². The van der Waals surface area contributed by atoms with Gasteiger partial charge < -0.3 is 11.1 Å². The van der Waals surface area contributed by atoms with Crippen LogP contribution in [-0.4, -0.2) is 10.9 Å². The predicted molar refractivity (Wildman–Crippen MR) is 89.7 cm³/mol. The second-order valence-corrected chi connectivity index (χ2v) is 5.51. The van der Waals surface area contributed by atoms with Gasteiger partial charge in [0.25, 0.3) is 5.91 Å². The summed E-state index contributed by atoms with van der Waals surface area (Å²) >= 11 is 11.0. The number of benzene rings is 2. The average Bonchev–Trinajstić information content (AvgIpc) is 2.47. The van der Waals surface area contributed by atoms with Crippen molar-refractivity contribution < 1.29 is 4.79 Å². The summed E-state index contributed by atoms with van der Waals surface area (Å²) in [5, 5.41) is 3.55. The number of rotatable bonds is 4. The molecule has 3 N–H and O–H groups in total. The number of halogens is 1. The Morgan fingerprint density at radius 1 is 1.14 bits per heavy atom. The molecule has 0 aromatic heterocycles. The quantitative estimate of drug-likeness (QED) is 0.849. The Hall–Kier alpha value is -1.91. The summed E-state index contributed by atoms with van der Waals surface area (Å²) < 4.78 is 0. The Kier molecular flexibility index (Phi) is 4.94. The van der Waals surface area contributed by atoms with Crippen molar-refractivity contribution in [2.24, 2.45) is 5.73 Å². The highest BCUT2D eigenvalue weighted by Gasteiger charge is 2.13. The highest BCUT2D eigenvalue weighted by atomic mass is 35.5. The number of carbonyl (C=O) groups is 1. The van der Waals surface area contributed by atoms with Crippen molar-refractivity contribution in [2.45, 2.75) is 13.0 Å². The van der Waals surface area contributed by atoms with Gasteiger partial charge in [-0.2, -0.15) is 0 Å². The predicted octanol–water partition coefficient (Wildman–Crippen LogP) is 3.47. The van der Waals surface area contributed by atoms with Crippen LogP contribution < -0.4 is 11.1 Å². The zero-order chi connectivity index (χ0) is 15.4. The van der Waals surface area contributed by atoms with Gasteiger partial charge in [-0.3, -0.25) is 4.79 Å². The lowest BCUT2D eigenvalue weighted by Crippen LogP contribution is -2.26. The molecule has 108 valence electrons. The first-order valence-corrected chi connectivity index (χ1v) is 7.23. The van der Waals surface area contributed by atoms with Gasteiger partial charge in [0, 0.05) is 16.1 Å². The lowest BCUT2D eigenvalue weighted by atomic mass is 10.1. The van der Waals surface area contributed by atoms with Crippen LogP contribution >= 0.6 is 23.8 Å². The van der Waals surface area contributed by atoms with Crippen LogP contribution in [0.25, 0.3) is 0 Å². The first-order chi connectivity index (χ1) is 9.99. The van der Waals surface area contributed by atoms with E-state index in [1.54, 1.807) is 30.3 Å². The standard InChI is InChI=1S/C16H15ClN2OS/c1-10(13-4-2-3-5-14(13)17)19-16(20)12-8-6-11(7-9-12)15(18)21/h2-10H,1H3,(H2,18,21)(H,19,20)/t10-/m0/s1. The number of thiocarbonyl (C=S) groups is 1. The molecule has 0 aliphatic heterocycles. The molecule has 2 aromatic rings. The number of hydrogen-bond acceptors (Lipinski definition) is 2. The summed E-state index contributed by atoms with van der Waals surface area (Å²) in [6.45, 7) is 1.89. The molecule has 0 saturated carbocycles. The van der Waals surface area contributed by atoms with E-state index in [4.69, 9.17) is 29.6 Å². The van der Waals surface area contributed by atoms with Crippen LogP contribution in [0.3, 0.4) is 0 Å². The van der Waals surface area contributed by atoms with Crippen molar-refractivity contribution in [3.63, 3.8) is 0 Å². The largest absolute Gasteiger partial charge is 0.389 e. The molecule has 0 unspecified atom stereocenters. The number of hydrogen-bond donors (Lipinski definition) is 2. The zero-order valence-corrected chi connectivity index (χ0v) is 13.0. The van der Waals surface area contributed by atoms with E-state index in [0.717, 1.165) is 11.1 Å². The molecule has 3 nitrogen and oxygen atoms in total. The van der Waals surface area contributed by atoms with Gasteiger partial charge in [-0.25, -0.2) is 0 Å². The van der Waals surface area contributed by atoms with E-state index >= 15 is 0 Å². The second-order valence-electron chi connectivity index (χ2n) is 4.66. The van der Waals surface area contributed by atoms with Gasteiger partial charge in [-0.1, -0.05) is 54.2 Å². The second kappa shape index (κ2) is 6.70. The molecule has 0 fully saturated rings. The fourth-order valence-electron chi connectivity index (χ4n) is 1.97. The molecule has 21 heavy (non-hydrogen) atoms. The Morgan fingerprint density at radius 2 is 1.71 bits per heavy atom. The van der Waals surface area contributed by atoms with Crippen LogP contribution in [0.5, 0.6) is 0 Å². The minimum atomic E-state index is -0.179. The molecule has 0 bridgehead atoms. The molecule has 0 aliphatic carbocycles. The topological polar surface area (TPSA) is 55.1 Å². The zero-order valence-electron chi connectivity index (χ0n) is 11.5. The van der Waals surface area contributed by atoms with Gasteiger partial charge in [0.2, 0.25) is 0 Å². The number of nitrogens with one attached hydrogen (secondary N) is 1. The van der Waals surface area contributed by atoms with Crippen LogP contribution in [0.4, 0.5) is 0 Å². The molecule has 0 spiro atoms. The number of amides is 1. The third-order valence-corrected chi connectivity index (χ3v) is 3.73. The van der Waals surface area contributed by atoms with Gasteiger partial charge in [0.15, 0.2) is 0 Å². The average molecular weight is 319 g/mol. The molecule has 5 heteroatoms. The molecular weight excluding hydrogens is 304 g/mol. The van der Waals surface area contributed by atoms with E-state index in [1.807, 2.05) is 25.1 Å². The maximum absolute atomic E-state index is 12.2. The van der Waals surface area contributed by atoms with Crippen LogP contribution in [0.1, 0.15) is 34.5 Å². The maximum atomic E-state index is 12.2. The molecule has 1 amide bonds. The van der Waals surface area contributed by atoms with Crippen LogP contribution in [-0.2, 0) is 0 Å². The molecule has 1 atom stereocenters. The molecule has 2 aromatic carbocycles. The van der Waals surface area contributed by atoms with E-state index in [2.05, 4.69) is 5.32 Å². The van der Waals surface area contributed by atoms with E-state index in [0.29, 0.717) is 15.6 Å². The maximum Gasteiger partial charge on any atom is 0.251 e. The minimum absolute atomic E-state index is 0.170. The summed E-state index contributed by atoms with van der Waals surface area (Å²) in [6.07, 6.45) is 0. The van der Waals surface area contributed by atoms with Crippen molar-refractivity contribution in [3.8, 4) is 0 Å². The van der Waals surface area contributed by atoms with Gasteiger partial charge in [0.1, 0.15) is 4.99 Å². The fourth-order valence-corrected chi connectivity index (χ4v) is 2.41. The molecule has 0 radical (unpaired) electrons. The van der Waals surface area contributed by atoms with Crippen molar-refractivity contribution in [1.29, 1.82) is 0 Å². The lowest BCUT2D eigenvalue weighted by molar-refractivity contribution is 0.0940. The molecular formula is C16H15ClN2OS. The summed E-state index contributed by atoms with van der Waals surface area (Å²) in [7, 11) is 0. The minimum Gasteiger partial charge on any atom is -0.389 e. The normalized spacial score (nSPS) is 11.7. The van der Waals surface area contributed by atoms with E-state index in [-0.39, 0.29) is 11.9 Å².